The Hall–Kier alpha value is -2.65. The number of H-pyrrole nitrogens is 1. The molecule has 4 rings (SSSR count). The average Bonchev–Trinajstić information content (AvgIpc) is 3.05. The second-order valence-electron chi connectivity index (χ2n) is 5.69. The summed E-state index contributed by atoms with van der Waals surface area (Å²) in [6.07, 6.45) is 2.10. The summed E-state index contributed by atoms with van der Waals surface area (Å²) in [7, 11) is 0. The van der Waals surface area contributed by atoms with Crippen LogP contribution in [0.4, 0.5) is 0 Å². The third kappa shape index (κ3) is 2.91. The number of phenols is 1. The normalized spacial score (nSPS) is 12.3. The fourth-order valence-electron chi connectivity index (χ4n) is 2.91. The molecule has 0 saturated carbocycles. The van der Waals surface area contributed by atoms with Gasteiger partial charge in [0.1, 0.15) is 5.75 Å². The van der Waals surface area contributed by atoms with Gasteiger partial charge in [-0.2, -0.15) is 0 Å². The fourth-order valence-corrected chi connectivity index (χ4v) is 4.11. The predicted octanol–water partition coefficient (Wildman–Crippen LogP) is 5.76. The van der Waals surface area contributed by atoms with E-state index in [0.29, 0.717) is 5.75 Å². The maximum atomic E-state index is 9.62. The van der Waals surface area contributed by atoms with Gasteiger partial charge < -0.3 is 10.1 Å². The lowest BCUT2D eigenvalue weighted by molar-refractivity contribution is 0.475. The third-order valence-electron chi connectivity index (χ3n) is 4.10. The monoisotopic (exact) mass is 331 g/mol. The number of aromatic nitrogens is 1. The molecule has 4 aromatic rings. The van der Waals surface area contributed by atoms with Gasteiger partial charge in [0.15, 0.2) is 0 Å². The average molecular weight is 331 g/mol. The Labute approximate surface area is 145 Å². The van der Waals surface area contributed by atoms with Crippen molar-refractivity contribution in [3.05, 3.63) is 96.2 Å². The number of benzene rings is 3. The number of hydrogen-bond acceptors (Lipinski definition) is 2. The first-order valence-electron chi connectivity index (χ1n) is 7.88. The summed E-state index contributed by atoms with van der Waals surface area (Å²) in [6, 6.07) is 26.3. The molecule has 0 aliphatic heterocycles. The number of aromatic amines is 1. The van der Waals surface area contributed by atoms with E-state index in [9.17, 15) is 5.11 Å². The molecule has 1 heterocycles. The zero-order valence-corrected chi connectivity index (χ0v) is 13.8. The zero-order chi connectivity index (χ0) is 16.4. The van der Waals surface area contributed by atoms with Crippen LogP contribution < -0.4 is 0 Å². The number of aromatic hydroxyl groups is 1. The molecule has 2 nitrogen and oxygen atoms in total. The van der Waals surface area contributed by atoms with Crippen molar-refractivity contribution in [3.8, 4) is 5.75 Å². The minimum absolute atomic E-state index is 0.157. The van der Waals surface area contributed by atoms with E-state index in [1.54, 1.807) is 12.1 Å². The van der Waals surface area contributed by atoms with Crippen molar-refractivity contribution in [3.63, 3.8) is 0 Å². The lowest BCUT2D eigenvalue weighted by atomic mass is 10.0. The molecule has 24 heavy (non-hydrogen) atoms. The van der Waals surface area contributed by atoms with Gasteiger partial charge >= 0.3 is 0 Å². The Kier molecular flexibility index (Phi) is 4.01. The lowest BCUT2D eigenvalue weighted by Crippen LogP contribution is -1.96. The molecule has 0 radical (unpaired) electrons. The van der Waals surface area contributed by atoms with E-state index >= 15 is 0 Å². The van der Waals surface area contributed by atoms with Gasteiger partial charge in [0, 0.05) is 22.0 Å². The number of phenolic OH excluding ortho intramolecular Hbond substituents is 1. The number of thioether (sulfide) groups is 1. The smallest absolute Gasteiger partial charge is 0.115 e. The van der Waals surface area contributed by atoms with Crippen LogP contribution >= 0.6 is 11.8 Å². The standard InChI is InChI=1S/C21H17NOS/c23-16-12-10-15(11-13-16)21(24-17-6-2-1-3-7-17)19-14-22-20-9-5-4-8-18(19)20/h1-14,21-23H. The van der Waals surface area contributed by atoms with Gasteiger partial charge in [-0.3, -0.25) is 0 Å². The maximum Gasteiger partial charge on any atom is 0.115 e. The van der Waals surface area contributed by atoms with Gasteiger partial charge in [0.25, 0.3) is 0 Å². The van der Waals surface area contributed by atoms with Gasteiger partial charge in [0.2, 0.25) is 0 Å². The summed E-state index contributed by atoms with van der Waals surface area (Å²) in [6.45, 7) is 0. The Bertz CT molecular complexity index is 944. The highest BCUT2D eigenvalue weighted by atomic mass is 32.2. The predicted molar refractivity (Wildman–Crippen MR) is 101 cm³/mol. The Morgan fingerprint density at radius 3 is 2.29 bits per heavy atom. The van der Waals surface area contributed by atoms with Crippen LogP contribution in [0.3, 0.4) is 0 Å². The van der Waals surface area contributed by atoms with Crippen molar-refractivity contribution in [2.45, 2.75) is 10.1 Å². The highest BCUT2D eigenvalue weighted by molar-refractivity contribution is 7.99. The molecule has 1 unspecified atom stereocenters. The maximum absolute atomic E-state index is 9.62. The molecule has 0 fully saturated rings. The molecule has 1 atom stereocenters. The largest absolute Gasteiger partial charge is 0.508 e. The number of para-hydroxylation sites is 1. The Morgan fingerprint density at radius 2 is 1.50 bits per heavy atom. The van der Waals surface area contributed by atoms with Crippen LogP contribution in [0.5, 0.6) is 5.75 Å². The van der Waals surface area contributed by atoms with Crippen molar-refractivity contribution in [1.82, 2.24) is 4.98 Å². The molecular formula is C21H17NOS. The molecule has 3 aromatic carbocycles. The van der Waals surface area contributed by atoms with Crippen LogP contribution in [-0.4, -0.2) is 10.1 Å². The highest BCUT2D eigenvalue weighted by Crippen LogP contribution is 2.43. The zero-order valence-electron chi connectivity index (χ0n) is 13.0. The lowest BCUT2D eigenvalue weighted by Gasteiger charge is -2.17. The third-order valence-corrected chi connectivity index (χ3v) is 5.40. The summed E-state index contributed by atoms with van der Waals surface area (Å²) in [5.41, 5.74) is 3.57. The van der Waals surface area contributed by atoms with Crippen molar-refractivity contribution in [2.75, 3.05) is 0 Å². The van der Waals surface area contributed by atoms with Crippen molar-refractivity contribution >= 4 is 22.7 Å². The molecule has 0 saturated heterocycles. The molecule has 3 heteroatoms. The highest BCUT2D eigenvalue weighted by Gasteiger charge is 2.19. The van der Waals surface area contributed by atoms with E-state index in [2.05, 4.69) is 53.6 Å². The van der Waals surface area contributed by atoms with E-state index < -0.39 is 0 Å². The quantitative estimate of drug-likeness (QED) is 0.467. The first kappa shape index (κ1) is 14.9. The second kappa shape index (κ2) is 6.46. The molecule has 0 spiro atoms. The molecule has 118 valence electrons. The number of nitrogens with one attached hydrogen (secondary N) is 1. The first-order valence-corrected chi connectivity index (χ1v) is 8.76. The van der Waals surface area contributed by atoms with Crippen LogP contribution in [-0.2, 0) is 0 Å². The van der Waals surface area contributed by atoms with Gasteiger partial charge in [-0.25, -0.2) is 0 Å². The van der Waals surface area contributed by atoms with Crippen LogP contribution in [0, 0.1) is 0 Å². The Morgan fingerprint density at radius 1 is 0.792 bits per heavy atom. The molecule has 0 aliphatic rings. The number of hydrogen-bond donors (Lipinski definition) is 2. The van der Waals surface area contributed by atoms with Crippen LogP contribution in [0.15, 0.2) is 90.0 Å². The number of rotatable bonds is 4. The van der Waals surface area contributed by atoms with Crippen LogP contribution in [0.1, 0.15) is 16.4 Å². The van der Waals surface area contributed by atoms with E-state index in [-0.39, 0.29) is 5.25 Å². The Balaban J connectivity index is 1.82. The van der Waals surface area contributed by atoms with E-state index in [4.69, 9.17) is 0 Å². The van der Waals surface area contributed by atoms with Crippen LogP contribution in [0.2, 0.25) is 0 Å². The van der Waals surface area contributed by atoms with Gasteiger partial charge in [-0.05, 0) is 41.5 Å². The summed E-state index contributed by atoms with van der Waals surface area (Å²) in [4.78, 5) is 4.60. The summed E-state index contributed by atoms with van der Waals surface area (Å²) >= 11 is 1.82. The van der Waals surface area contributed by atoms with E-state index in [1.165, 1.54) is 21.4 Å². The number of fused-ring (bicyclic) bond motifs is 1. The molecular weight excluding hydrogens is 314 g/mol. The topological polar surface area (TPSA) is 36.0 Å². The van der Waals surface area contributed by atoms with Crippen molar-refractivity contribution in [1.29, 1.82) is 0 Å². The van der Waals surface area contributed by atoms with E-state index in [0.717, 1.165) is 5.52 Å². The minimum atomic E-state index is 0.157. The minimum Gasteiger partial charge on any atom is -0.508 e. The van der Waals surface area contributed by atoms with Crippen molar-refractivity contribution in [2.24, 2.45) is 0 Å². The molecule has 0 aliphatic carbocycles. The molecule has 0 amide bonds. The second-order valence-corrected chi connectivity index (χ2v) is 6.87. The summed E-state index contributed by atoms with van der Waals surface area (Å²) in [5, 5.41) is 11.0. The fraction of sp³-hybridized carbons (Fsp3) is 0.0476. The van der Waals surface area contributed by atoms with Crippen LogP contribution in [0.25, 0.3) is 10.9 Å². The molecule has 0 bridgehead atoms. The van der Waals surface area contributed by atoms with E-state index in [1.807, 2.05) is 36.0 Å². The summed E-state index contributed by atoms with van der Waals surface area (Å²) < 4.78 is 0. The van der Waals surface area contributed by atoms with Gasteiger partial charge in [-0.15, -0.1) is 11.8 Å². The van der Waals surface area contributed by atoms with Gasteiger partial charge in [-0.1, -0.05) is 48.5 Å². The SMILES string of the molecule is Oc1ccc(C(Sc2ccccc2)c2c[nH]c3ccccc23)cc1. The molecule has 2 N–H and O–H groups in total. The van der Waals surface area contributed by atoms with Crippen molar-refractivity contribution < 1.29 is 5.11 Å². The summed E-state index contributed by atoms with van der Waals surface area (Å²) in [5.74, 6) is 0.293. The van der Waals surface area contributed by atoms with Gasteiger partial charge in [0.05, 0.1) is 5.25 Å². The molecule has 1 aromatic heterocycles. The first-order chi connectivity index (χ1) is 11.8.